The summed E-state index contributed by atoms with van der Waals surface area (Å²) in [5, 5.41) is 3.55. The van der Waals surface area contributed by atoms with Crippen LogP contribution < -0.4 is 10.1 Å². The number of fused-ring (bicyclic) bond motifs is 1. The third-order valence-corrected chi connectivity index (χ3v) is 5.17. The van der Waals surface area contributed by atoms with Crippen molar-refractivity contribution in [1.29, 1.82) is 0 Å². The van der Waals surface area contributed by atoms with Gasteiger partial charge in [0.2, 0.25) is 0 Å². The Morgan fingerprint density at radius 3 is 2.60 bits per heavy atom. The Kier molecular flexibility index (Phi) is 5.84. The van der Waals surface area contributed by atoms with Gasteiger partial charge in [0.25, 0.3) is 5.91 Å². The third-order valence-electron chi connectivity index (χ3n) is 5.17. The number of benzene rings is 3. The summed E-state index contributed by atoms with van der Waals surface area (Å²) in [6, 6.07) is 25.9. The smallest absolute Gasteiger partial charge is 0.257 e. The van der Waals surface area contributed by atoms with E-state index in [0.717, 1.165) is 29.0 Å². The van der Waals surface area contributed by atoms with Gasteiger partial charge in [0.05, 0.1) is 5.56 Å². The molecule has 4 nitrogen and oxygen atoms in total. The fraction of sp³-hybridized carbons (Fsp3) is 0.192. The summed E-state index contributed by atoms with van der Waals surface area (Å²) in [7, 11) is 0. The van der Waals surface area contributed by atoms with E-state index < -0.39 is 0 Å². The number of hydrogen-bond acceptors (Lipinski definition) is 3. The van der Waals surface area contributed by atoms with Gasteiger partial charge >= 0.3 is 0 Å². The average molecular weight is 399 g/mol. The van der Waals surface area contributed by atoms with Gasteiger partial charge in [0.1, 0.15) is 18.5 Å². The molecule has 0 aliphatic carbocycles. The lowest BCUT2D eigenvalue weighted by Crippen LogP contribution is -2.44. The molecule has 1 atom stereocenters. The highest BCUT2D eigenvalue weighted by molar-refractivity contribution is 6.01. The monoisotopic (exact) mass is 398 g/mol. The number of amides is 1. The predicted molar refractivity (Wildman–Crippen MR) is 121 cm³/mol. The lowest BCUT2D eigenvalue weighted by atomic mass is 10.0. The first-order valence-electron chi connectivity index (χ1n) is 10.2. The number of anilines is 1. The molecule has 1 amide bonds. The normalized spacial score (nSPS) is 15.3. The Hall–Kier alpha value is -3.53. The standard InChI is InChI=1S/C26H26N2O2/c1-19(2)18-30-22-12-8-11-21(17-22)25-27-24-14-7-6-13-23(24)26(29)28(25)16-15-20-9-4-3-5-10-20/h3-14,17,25,27H,1,15-16,18H2,2H3. The SMILES string of the molecule is C=C(C)COc1cccc(C2Nc3ccccc3C(=O)N2CCc2ccccc2)c1. The number of para-hydroxylation sites is 1. The minimum Gasteiger partial charge on any atom is -0.489 e. The van der Waals surface area contributed by atoms with E-state index in [4.69, 9.17) is 4.74 Å². The van der Waals surface area contributed by atoms with Crippen molar-refractivity contribution in [2.45, 2.75) is 19.5 Å². The van der Waals surface area contributed by atoms with Crippen LogP contribution in [0.25, 0.3) is 0 Å². The Bertz CT molecular complexity index is 1050. The lowest BCUT2D eigenvalue weighted by molar-refractivity contribution is 0.0685. The molecule has 1 heterocycles. The maximum absolute atomic E-state index is 13.4. The molecule has 152 valence electrons. The van der Waals surface area contributed by atoms with Crippen molar-refractivity contribution in [3.63, 3.8) is 0 Å². The molecule has 4 heteroatoms. The summed E-state index contributed by atoms with van der Waals surface area (Å²) >= 11 is 0. The first kappa shape index (κ1) is 19.8. The Morgan fingerprint density at radius 1 is 1.03 bits per heavy atom. The number of nitrogens with one attached hydrogen (secondary N) is 1. The maximum atomic E-state index is 13.4. The fourth-order valence-electron chi connectivity index (χ4n) is 3.66. The van der Waals surface area contributed by atoms with Crippen LogP contribution in [0.1, 0.15) is 34.6 Å². The molecule has 0 saturated heterocycles. The van der Waals surface area contributed by atoms with E-state index in [1.54, 1.807) is 0 Å². The van der Waals surface area contributed by atoms with Crippen LogP contribution in [-0.2, 0) is 6.42 Å². The zero-order valence-electron chi connectivity index (χ0n) is 17.2. The molecule has 1 N–H and O–H groups in total. The number of nitrogens with zero attached hydrogens (tertiary/aromatic N) is 1. The lowest BCUT2D eigenvalue weighted by Gasteiger charge is -2.38. The number of ether oxygens (including phenoxy) is 1. The van der Waals surface area contributed by atoms with Crippen LogP contribution >= 0.6 is 0 Å². The molecule has 0 saturated carbocycles. The van der Waals surface area contributed by atoms with Gasteiger partial charge in [0, 0.05) is 12.2 Å². The van der Waals surface area contributed by atoms with Gasteiger partial charge < -0.3 is 15.0 Å². The number of rotatable bonds is 7. The van der Waals surface area contributed by atoms with Crippen molar-refractivity contribution in [1.82, 2.24) is 4.90 Å². The number of carbonyl (C=O) groups excluding carboxylic acids is 1. The van der Waals surface area contributed by atoms with Crippen LogP contribution in [0.5, 0.6) is 5.75 Å². The summed E-state index contributed by atoms with van der Waals surface area (Å²) < 4.78 is 5.83. The fourth-order valence-corrected chi connectivity index (χ4v) is 3.66. The molecule has 0 aromatic heterocycles. The van der Waals surface area contributed by atoms with Gasteiger partial charge in [-0.15, -0.1) is 0 Å². The van der Waals surface area contributed by atoms with Crippen molar-refractivity contribution in [3.8, 4) is 5.75 Å². The zero-order valence-corrected chi connectivity index (χ0v) is 17.2. The van der Waals surface area contributed by atoms with E-state index in [-0.39, 0.29) is 12.1 Å². The first-order chi connectivity index (χ1) is 14.6. The molecule has 4 rings (SSSR count). The zero-order chi connectivity index (χ0) is 20.9. The van der Waals surface area contributed by atoms with Gasteiger partial charge in [0.15, 0.2) is 0 Å². The molecule has 3 aromatic carbocycles. The summed E-state index contributed by atoms with van der Waals surface area (Å²) in [6.45, 7) is 6.92. The second-order valence-electron chi connectivity index (χ2n) is 7.64. The molecule has 3 aromatic rings. The minimum absolute atomic E-state index is 0.0403. The van der Waals surface area contributed by atoms with Gasteiger partial charge in [-0.1, -0.05) is 61.2 Å². The van der Waals surface area contributed by atoms with Crippen LogP contribution in [0, 0.1) is 0 Å². The predicted octanol–water partition coefficient (Wildman–Crippen LogP) is 5.45. The molecule has 1 unspecified atom stereocenters. The van der Waals surface area contributed by atoms with Crippen LogP contribution in [0.15, 0.2) is 91.0 Å². The van der Waals surface area contributed by atoms with E-state index in [9.17, 15) is 4.79 Å². The van der Waals surface area contributed by atoms with Gasteiger partial charge in [-0.3, -0.25) is 4.79 Å². The second-order valence-corrected chi connectivity index (χ2v) is 7.64. The van der Waals surface area contributed by atoms with E-state index in [2.05, 4.69) is 24.0 Å². The first-order valence-corrected chi connectivity index (χ1v) is 10.2. The van der Waals surface area contributed by atoms with Crippen molar-refractivity contribution in [2.24, 2.45) is 0 Å². The Balaban J connectivity index is 1.63. The number of carbonyl (C=O) groups is 1. The molecule has 30 heavy (non-hydrogen) atoms. The molecule has 1 aliphatic heterocycles. The van der Waals surface area contributed by atoms with Crippen LogP contribution in [-0.4, -0.2) is 24.0 Å². The summed E-state index contributed by atoms with van der Waals surface area (Å²) in [5.74, 6) is 0.810. The van der Waals surface area contributed by atoms with Crippen molar-refractivity contribution in [3.05, 3.63) is 108 Å². The van der Waals surface area contributed by atoms with Gasteiger partial charge in [-0.05, 0) is 54.3 Å². The quantitative estimate of drug-likeness (QED) is 0.538. The van der Waals surface area contributed by atoms with Gasteiger partial charge in [-0.2, -0.15) is 0 Å². The highest BCUT2D eigenvalue weighted by atomic mass is 16.5. The average Bonchev–Trinajstić information content (AvgIpc) is 2.78. The van der Waals surface area contributed by atoms with Crippen LogP contribution in [0.4, 0.5) is 5.69 Å². The van der Waals surface area contributed by atoms with E-state index in [0.29, 0.717) is 18.7 Å². The maximum Gasteiger partial charge on any atom is 0.257 e. The molecule has 0 fully saturated rings. The molecule has 0 bridgehead atoms. The van der Waals surface area contributed by atoms with Crippen LogP contribution in [0.3, 0.4) is 0 Å². The third kappa shape index (κ3) is 4.38. The molecule has 0 radical (unpaired) electrons. The van der Waals surface area contributed by atoms with Crippen molar-refractivity contribution >= 4 is 11.6 Å². The largest absolute Gasteiger partial charge is 0.489 e. The van der Waals surface area contributed by atoms with E-state index in [1.807, 2.05) is 78.6 Å². The molecule has 1 aliphatic rings. The summed E-state index contributed by atoms with van der Waals surface area (Å²) in [6.07, 6.45) is 0.531. The summed E-state index contributed by atoms with van der Waals surface area (Å²) in [4.78, 5) is 15.3. The molecular formula is C26H26N2O2. The molecule has 0 spiro atoms. The van der Waals surface area contributed by atoms with Crippen molar-refractivity contribution < 1.29 is 9.53 Å². The van der Waals surface area contributed by atoms with E-state index >= 15 is 0 Å². The number of hydrogen-bond donors (Lipinski definition) is 1. The highest BCUT2D eigenvalue weighted by Crippen LogP contribution is 2.34. The topological polar surface area (TPSA) is 41.6 Å². The Labute approximate surface area is 177 Å². The Morgan fingerprint density at radius 2 is 1.80 bits per heavy atom. The van der Waals surface area contributed by atoms with Crippen molar-refractivity contribution in [2.75, 3.05) is 18.5 Å². The van der Waals surface area contributed by atoms with E-state index in [1.165, 1.54) is 5.56 Å². The van der Waals surface area contributed by atoms with Crippen LogP contribution in [0.2, 0.25) is 0 Å². The minimum atomic E-state index is -0.260. The molecular weight excluding hydrogens is 372 g/mol. The second kappa shape index (κ2) is 8.87. The summed E-state index contributed by atoms with van der Waals surface area (Å²) in [5.41, 5.74) is 4.73. The highest BCUT2D eigenvalue weighted by Gasteiger charge is 2.32. The van der Waals surface area contributed by atoms with Gasteiger partial charge in [-0.25, -0.2) is 0 Å².